The van der Waals surface area contributed by atoms with Crippen LogP contribution in [0.4, 0.5) is 19.0 Å². The van der Waals surface area contributed by atoms with E-state index in [-0.39, 0.29) is 5.65 Å². The van der Waals surface area contributed by atoms with Gasteiger partial charge in [0.2, 0.25) is 0 Å². The van der Waals surface area contributed by atoms with Crippen molar-refractivity contribution < 1.29 is 13.2 Å². The molecule has 5 nitrogen and oxygen atoms in total. The summed E-state index contributed by atoms with van der Waals surface area (Å²) in [5.41, 5.74) is 0.0812. The Bertz CT molecular complexity index is 606. The summed E-state index contributed by atoms with van der Waals surface area (Å²) in [5.74, 6) is 0.556. The van der Waals surface area contributed by atoms with E-state index < -0.39 is 12.0 Å². The lowest BCUT2D eigenvalue weighted by atomic mass is 10.3. The van der Waals surface area contributed by atoms with Crippen molar-refractivity contribution in [1.82, 2.24) is 19.8 Å². The van der Waals surface area contributed by atoms with Gasteiger partial charge in [-0.1, -0.05) is 6.92 Å². The lowest BCUT2D eigenvalue weighted by Gasteiger charge is -2.06. The molecule has 0 bridgehead atoms. The first-order valence-corrected chi connectivity index (χ1v) is 5.98. The summed E-state index contributed by atoms with van der Waals surface area (Å²) in [4.78, 5) is 0. The largest absolute Gasteiger partial charge is 0.453 e. The van der Waals surface area contributed by atoms with Crippen molar-refractivity contribution in [2.75, 3.05) is 11.9 Å². The molecule has 8 heteroatoms. The van der Waals surface area contributed by atoms with E-state index in [1.807, 2.05) is 0 Å². The Balaban J connectivity index is 1.86. The molecule has 0 aromatic carbocycles. The zero-order valence-corrected chi connectivity index (χ0v) is 10.1. The van der Waals surface area contributed by atoms with Crippen LogP contribution in [0.15, 0.2) is 12.1 Å². The van der Waals surface area contributed by atoms with Crippen molar-refractivity contribution >= 4 is 11.5 Å². The molecule has 1 fully saturated rings. The number of halogens is 3. The molecule has 1 N–H and O–H groups in total. The number of hydrogen-bond donors (Lipinski definition) is 1. The quantitative estimate of drug-likeness (QED) is 0.930. The third-order valence-electron chi connectivity index (χ3n) is 3.34. The van der Waals surface area contributed by atoms with E-state index in [0.717, 1.165) is 17.5 Å². The first-order valence-electron chi connectivity index (χ1n) is 5.98. The van der Waals surface area contributed by atoms with E-state index in [4.69, 9.17) is 0 Å². The van der Waals surface area contributed by atoms with Gasteiger partial charge in [-0.3, -0.25) is 0 Å². The number of rotatable bonds is 3. The van der Waals surface area contributed by atoms with Crippen molar-refractivity contribution in [2.45, 2.75) is 19.5 Å². The lowest BCUT2D eigenvalue weighted by Crippen LogP contribution is -2.14. The maximum Gasteiger partial charge on any atom is 0.453 e. The van der Waals surface area contributed by atoms with Gasteiger partial charge in [-0.15, -0.1) is 15.3 Å². The first-order chi connectivity index (χ1) is 8.95. The van der Waals surface area contributed by atoms with E-state index in [9.17, 15) is 13.2 Å². The number of fused-ring (bicyclic) bond motifs is 1. The number of anilines is 1. The molecule has 0 saturated heterocycles. The summed E-state index contributed by atoms with van der Waals surface area (Å²) in [6, 6.07) is 3.07. The first kappa shape index (κ1) is 12.2. The smallest absolute Gasteiger partial charge is 0.368 e. The van der Waals surface area contributed by atoms with Gasteiger partial charge in [0, 0.05) is 6.54 Å². The van der Waals surface area contributed by atoms with Crippen LogP contribution in [-0.4, -0.2) is 26.4 Å². The number of aromatic nitrogens is 4. The Morgan fingerprint density at radius 3 is 2.74 bits per heavy atom. The minimum Gasteiger partial charge on any atom is -0.368 e. The predicted molar refractivity (Wildman–Crippen MR) is 61.5 cm³/mol. The highest BCUT2D eigenvalue weighted by molar-refractivity contribution is 5.44. The highest BCUT2D eigenvalue weighted by Gasteiger charge is 2.37. The summed E-state index contributed by atoms with van der Waals surface area (Å²) in [7, 11) is 0. The summed E-state index contributed by atoms with van der Waals surface area (Å²) in [5, 5.41) is 13.5. The van der Waals surface area contributed by atoms with Crippen LogP contribution >= 0.6 is 0 Å². The van der Waals surface area contributed by atoms with E-state index in [0.29, 0.717) is 17.7 Å². The molecule has 1 saturated carbocycles. The standard InChI is InChI=1S/C11H12F3N5/c1-6-4-7(6)5-15-8-2-3-9-16-17-10(11(12,13)14)19(9)18-8/h2-3,6-7H,4-5H2,1H3,(H,15,18). The average molecular weight is 271 g/mol. The zero-order valence-electron chi connectivity index (χ0n) is 10.1. The maximum atomic E-state index is 12.7. The molecule has 2 aromatic rings. The van der Waals surface area contributed by atoms with Gasteiger partial charge in [0.1, 0.15) is 5.82 Å². The molecule has 3 rings (SSSR count). The SMILES string of the molecule is CC1CC1CNc1ccc2nnc(C(F)(F)F)n2n1. The van der Waals surface area contributed by atoms with Gasteiger partial charge in [0.25, 0.3) is 5.82 Å². The fourth-order valence-electron chi connectivity index (χ4n) is 1.98. The molecular weight excluding hydrogens is 259 g/mol. The highest BCUT2D eigenvalue weighted by Crippen LogP contribution is 2.37. The summed E-state index contributed by atoms with van der Waals surface area (Å²) < 4.78 is 38.7. The van der Waals surface area contributed by atoms with Crippen LogP contribution in [0.3, 0.4) is 0 Å². The van der Waals surface area contributed by atoms with Crippen LogP contribution in [0.2, 0.25) is 0 Å². The molecule has 102 valence electrons. The number of nitrogens with one attached hydrogen (secondary N) is 1. The van der Waals surface area contributed by atoms with Crippen molar-refractivity contribution in [3.05, 3.63) is 18.0 Å². The Hall–Kier alpha value is -1.86. The van der Waals surface area contributed by atoms with Gasteiger partial charge in [0.05, 0.1) is 0 Å². The van der Waals surface area contributed by atoms with Crippen LogP contribution in [0.1, 0.15) is 19.2 Å². The minimum absolute atomic E-state index is 0.0812. The Kier molecular flexibility index (Phi) is 2.61. The second-order valence-electron chi connectivity index (χ2n) is 4.86. The monoisotopic (exact) mass is 271 g/mol. The van der Waals surface area contributed by atoms with E-state index >= 15 is 0 Å². The topological polar surface area (TPSA) is 55.1 Å². The Morgan fingerprint density at radius 2 is 2.11 bits per heavy atom. The number of hydrogen-bond acceptors (Lipinski definition) is 4. The lowest BCUT2D eigenvalue weighted by molar-refractivity contribution is -0.146. The predicted octanol–water partition coefficient (Wildman–Crippen LogP) is 2.21. The minimum atomic E-state index is -4.56. The van der Waals surface area contributed by atoms with Crippen LogP contribution < -0.4 is 5.32 Å². The molecular formula is C11H12F3N5. The molecule has 2 unspecified atom stereocenters. The molecule has 2 heterocycles. The van der Waals surface area contributed by atoms with Gasteiger partial charge in [-0.05, 0) is 30.4 Å². The van der Waals surface area contributed by atoms with Crippen LogP contribution in [0.25, 0.3) is 5.65 Å². The van der Waals surface area contributed by atoms with Crippen LogP contribution in [0.5, 0.6) is 0 Å². The molecule has 0 aliphatic heterocycles. The molecule has 0 amide bonds. The van der Waals surface area contributed by atoms with Crippen molar-refractivity contribution in [2.24, 2.45) is 11.8 Å². The van der Waals surface area contributed by atoms with Gasteiger partial charge >= 0.3 is 6.18 Å². The summed E-state index contributed by atoms with van der Waals surface area (Å²) in [6.45, 7) is 2.87. The average Bonchev–Trinajstić information content (AvgIpc) is 2.88. The molecule has 0 spiro atoms. The van der Waals surface area contributed by atoms with Crippen molar-refractivity contribution in [1.29, 1.82) is 0 Å². The third kappa shape index (κ3) is 2.34. The van der Waals surface area contributed by atoms with Gasteiger partial charge in [-0.2, -0.15) is 17.7 Å². The normalized spacial score (nSPS) is 22.7. The molecule has 19 heavy (non-hydrogen) atoms. The number of nitrogens with zero attached hydrogens (tertiary/aromatic N) is 4. The Morgan fingerprint density at radius 1 is 1.37 bits per heavy atom. The van der Waals surface area contributed by atoms with Crippen LogP contribution in [0, 0.1) is 11.8 Å². The molecule has 0 radical (unpaired) electrons. The van der Waals surface area contributed by atoms with Gasteiger partial charge < -0.3 is 5.32 Å². The second-order valence-corrected chi connectivity index (χ2v) is 4.86. The van der Waals surface area contributed by atoms with Gasteiger partial charge in [0.15, 0.2) is 5.65 Å². The van der Waals surface area contributed by atoms with Crippen LogP contribution in [-0.2, 0) is 6.18 Å². The summed E-state index contributed by atoms with van der Waals surface area (Å²) >= 11 is 0. The van der Waals surface area contributed by atoms with E-state index in [2.05, 4.69) is 27.5 Å². The second kappa shape index (κ2) is 4.07. The van der Waals surface area contributed by atoms with Crippen molar-refractivity contribution in [3.63, 3.8) is 0 Å². The summed E-state index contributed by atoms with van der Waals surface area (Å²) in [6.07, 6.45) is -3.41. The highest BCUT2D eigenvalue weighted by atomic mass is 19.4. The third-order valence-corrected chi connectivity index (χ3v) is 3.34. The van der Waals surface area contributed by atoms with E-state index in [1.165, 1.54) is 6.07 Å². The van der Waals surface area contributed by atoms with Gasteiger partial charge in [-0.25, -0.2) is 0 Å². The Labute approximate surface area is 106 Å². The molecule has 2 atom stereocenters. The molecule has 1 aliphatic rings. The fraction of sp³-hybridized carbons (Fsp3) is 0.545. The van der Waals surface area contributed by atoms with Crippen molar-refractivity contribution in [3.8, 4) is 0 Å². The maximum absolute atomic E-state index is 12.7. The van der Waals surface area contributed by atoms with E-state index in [1.54, 1.807) is 6.07 Å². The molecule has 1 aliphatic carbocycles. The number of alkyl halides is 3. The fourth-order valence-corrected chi connectivity index (χ4v) is 1.98. The molecule has 2 aromatic heterocycles. The zero-order chi connectivity index (χ0) is 13.6.